The molecule has 0 spiro atoms. The van der Waals surface area contributed by atoms with Crippen LogP contribution in [0, 0.1) is 5.92 Å². The zero-order chi connectivity index (χ0) is 15.0. The van der Waals surface area contributed by atoms with Crippen molar-refractivity contribution in [1.29, 1.82) is 0 Å². The highest BCUT2D eigenvalue weighted by Crippen LogP contribution is 2.36. The van der Waals surface area contributed by atoms with E-state index in [2.05, 4.69) is 11.9 Å². The van der Waals surface area contributed by atoms with Crippen LogP contribution in [0.2, 0.25) is 0 Å². The number of hydrogen-bond acceptors (Lipinski definition) is 5. The molecule has 2 heterocycles. The fraction of sp³-hybridized carbons (Fsp3) is 0.500. The van der Waals surface area contributed by atoms with Crippen LogP contribution in [0.4, 0.5) is 0 Å². The van der Waals surface area contributed by atoms with Crippen molar-refractivity contribution in [1.82, 2.24) is 9.55 Å². The second-order valence-electron chi connectivity index (χ2n) is 5.46. The third-order valence-corrected chi connectivity index (χ3v) is 5.60. The number of thioether (sulfide) groups is 1. The van der Waals surface area contributed by atoms with Gasteiger partial charge in [-0.15, -0.1) is 11.3 Å². The molecule has 0 bridgehead atoms. The molecular formula is C14H16N2O3S2. The van der Waals surface area contributed by atoms with Gasteiger partial charge in [-0.2, -0.15) is 0 Å². The first-order chi connectivity index (χ1) is 10.1. The lowest BCUT2D eigenvalue weighted by atomic mass is 10.1. The zero-order valence-corrected chi connectivity index (χ0v) is 13.2. The average molecular weight is 324 g/mol. The highest BCUT2D eigenvalue weighted by Gasteiger charge is 2.27. The quantitative estimate of drug-likeness (QED) is 0.691. The predicted molar refractivity (Wildman–Crippen MR) is 84.3 cm³/mol. The Morgan fingerprint density at radius 1 is 1.57 bits per heavy atom. The van der Waals surface area contributed by atoms with Gasteiger partial charge < -0.3 is 5.11 Å². The van der Waals surface area contributed by atoms with Crippen LogP contribution in [0.25, 0.3) is 10.2 Å². The molecule has 1 N–H and O–H groups in total. The molecule has 1 fully saturated rings. The van der Waals surface area contributed by atoms with Gasteiger partial charge in [0.25, 0.3) is 5.56 Å². The lowest BCUT2D eigenvalue weighted by molar-refractivity contribution is -0.133. The predicted octanol–water partition coefficient (Wildman–Crippen LogP) is 3.00. The second kappa shape index (κ2) is 5.81. The van der Waals surface area contributed by atoms with Crippen molar-refractivity contribution < 1.29 is 9.90 Å². The van der Waals surface area contributed by atoms with Gasteiger partial charge in [0.15, 0.2) is 5.16 Å². The summed E-state index contributed by atoms with van der Waals surface area (Å²) in [5.74, 6) is -0.379. The van der Waals surface area contributed by atoms with Crippen molar-refractivity contribution in [3.8, 4) is 0 Å². The number of aromatic nitrogens is 2. The lowest BCUT2D eigenvalue weighted by Crippen LogP contribution is -2.26. The standard InChI is InChI=1S/C14H16N2O3S2/c1-8-2-3-9(6-8)16-13(19)10-4-5-20-12(10)15-14(16)21-7-11(17)18/h4-5,8-9H,2-3,6-7H2,1H3,(H,17,18). The first-order valence-electron chi connectivity index (χ1n) is 6.90. The lowest BCUT2D eigenvalue weighted by Gasteiger charge is -2.17. The molecular weight excluding hydrogens is 308 g/mol. The second-order valence-corrected chi connectivity index (χ2v) is 7.30. The maximum absolute atomic E-state index is 12.7. The number of carboxylic acid groups (broad SMARTS) is 1. The largest absolute Gasteiger partial charge is 0.481 e. The highest BCUT2D eigenvalue weighted by molar-refractivity contribution is 7.99. The van der Waals surface area contributed by atoms with Crippen LogP contribution >= 0.6 is 23.1 Å². The summed E-state index contributed by atoms with van der Waals surface area (Å²) in [5.41, 5.74) is -0.0340. The highest BCUT2D eigenvalue weighted by atomic mass is 32.2. The summed E-state index contributed by atoms with van der Waals surface area (Å²) < 4.78 is 1.73. The van der Waals surface area contributed by atoms with Gasteiger partial charge in [-0.1, -0.05) is 18.7 Å². The summed E-state index contributed by atoms with van der Waals surface area (Å²) in [6.45, 7) is 2.19. The topological polar surface area (TPSA) is 72.2 Å². The molecule has 1 aliphatic carbocycles. The molecule has 0 aromatic carbocycles. The number of nitrogens with zero attached hydrogens (tertiary/aromatic N) is 2. The van der Waals surface area contributed by atoms with Gasteiger partial charge in [-0.25, -0.2) is 4.98 Å². The first-order valence-corrected chi connectivity index (χ1v) is 8.77. The van der Waals surface area contributed by atoms with Gasteiger partial charge in [0.1, 0.15) is 4.83 Å². The molecule has 112 valence electrons. The maximum atomic E-state index is 12.7. The first kappa shape index (κ1) is 14.6. The molecule has 0 radical (unpaired) electrons. The van der Waals surface area contributed by atoms with Crippen molar-refractivity contribution in [3.05, 3.63) is 21.8 Å². The van der Waals surface area contributed by atoms with Crippen molar-refractivity contribution >= 4 is 39.3 Å². The third kappa shape index (κ3) is 2.85. The van der Waals surface area contributed by atoms with Crippen LogP contribution in [0.3, 0.4) is 0 Å². The van der Waals surface area contributed by atoms with E-state index in [1.807, 2.05) is 5.38 Å². The van der Waals surface area contributed by atoms with Gasteiger partial charge >= 0.3 is 5.97 Å². The number of rotatable bonds is 4. The van der Waals surface area contributed by atoms with Gasteiger partial charge in [0.05, 0.1) is 11.1 Å². The third-order valence-electron chi connectivity index (χ3n) is 3.85. The molecule has 2 aromatic rings. The summed E-state index contributed by atoms with van der Waals surface area (Å²) in [6.07, 6.45) is 3.01. The van der Waals surface area contributed by atoms with Crippen molar-refractivity contribution in [3.63, 3.8) is 0 Å². The fourth-order valence-corrected chi connectivity index (χ4v) is 4.46. The Morgan fingerprint density at radius 3 is 3.05 bits per heavy atom. The van der Waals surface area contributed by atoms with E-state index >= 15 is 0 Å². The van der Waals surface area contributed by atoms with Crippen molar-refractivity contribution in [2.75, 3.05) is 5.75 Å². The van der Waals surface area contributed by atoms with Crippen LogP contribution in [-0.2, 0) is 4.79 Å². The van der Waals surface area contributed by atoms with E-state index in [4.69, 9.17) is 5.11 Å². The Labute approximate surface area is 130 Å². The normalized spacial score (nSPS) is 22.0. The molecule has 3 rings (SSSR count). The van der Waals surface area contributed by atoms with E-state index in [9.17, 15) is 9.59 Å². The number of carbonyl (C=O) groups is 1. The van der Waals surface area contributed by atoms with E-state index in [0.29, 0.717) is 21.3 Å². The number of fused-ring (bicyclic) bond motifs is 1. The minimum absolute atomic E-state index is 0.0340. The average Bonchev–Trinajstić information content (AvgIpc) is 3.05. The minimum Gasteiger partial charge on any atom is -0.481 e. The summed E-state index contributed by atoms with van der Waals surface area (Å²) in [4.78, 5) is 28.7. The Morgan fingerprint density at radius 2 is 2.38 bits per heavy atom. The van der Waals surface area contributed by atoms with E-state index in [1.54, 1.807) is 10.6 Å². The summed E-state index contributed by atoms with van der Waals surface area (Å²) in [5, 5.41) is 11.9. The van der Waals surface area contributed by atoms with Crippen LogP contribution < -0.4 is 5.56 Å². The monoisotopic (exact) mass is 324 g/mol. The zero-order valence-electron chi connectivity index (χ0n) is 11.6. The SMILES string of the molecule is CC1CCC(n2c(SCC(=O)O)nc3sccc3c2=O)C1. The number of aliphatic carboxylic acids is 1. The summed E-state index contributed by atoms with van der Waals surface area (Å²) in [7, 11) is 0. The van der Waals surface area contributed by atoms with Crippen molar-refractivity contribution in [2.24, 2.45) is 5.92 Å². The van der Waals surface area contributed by atoms with Gasteiger partial charge in [-0.3, -0.25) is 14.2 Å². The fourth-order valence-electron chi connectivity index (χ4n) is 2.87. The molecule has 5 nitrogen and oxygen atoms in total. The number of carboxylic acids is 1. The minimum atomic E-state index is -0.896. The van der Waals surface area contributed by atoms with Crippen LogP contribution in [0.5, 0.6) is 0 Å². The van der Waals surface area contributed by atoms with Gasteiger partial charge in [-0.05, 0) is 36.6 Å². The molecule has 0 saturated heterocycles. The van der Waals surface area contributed by atoms with E-state index < -0.39 is 5.97 Å². The summed E-state index contributed by atoms with van der Waals surface area (Å²) in [6, 6.07) is 1.94. The number of hydrogen-bond donors (Lipinski definition) is 1. The van der Waals surface area contributed by atoms with Crippen LogP contribution in [0.1, 0.15) is 32.2 Å². The maximum Gasteiger partial charge on any atom is 0.313 e. The van der Waals surface area contributed by atoms with Gasteiger partial charge in [0, 0.05) is 6.04 Å². The molecule has 0 aliphatic heterocycles. The van der Waals surface area contributed by atoms with E-state index in [1.165, 1.54) is 11.3 Å². The Bertz CT molecular complexity index is 737. The van der Waals surface area contributed by atoms with E-state index in [-0.39, 0.29) is 17.4 Å². The smallest absolute Gasteiger partial charge is 0.313 e. The molecule has 1 saturated carbocycles. The Kier molecular flexibility index (Phi) is 4.03. The van der Waals surface area contributed by atoms with Crippen LogP contribution in [0.15, 0.2) is 21.4 Å². The van der Waals surface area contributed by atoms with Crippen LogP contribution in [-0.4, -0.2) is 26.4 Å². The molecule has 7 heteroatoms. The molecule has 0 amide bonds. The molecule has 2 atom stereocenters. The number of thiophene rings is 1. The molecule has 2 aromatic heterocycles. The molecule has 2 unspecified atom stereocenters. The molecule has 1 aliphatic rings. The summed E-state index contributed by atoms with van der Waals surface area (Å²) >= 11 is 2.55. The van der Waals surface area contributed by atoms with E-state index in [0.717, 1.165) is 31.0 Å². The Hall–Kier alpha value is -1.34. The van der Waals surface area contributed by atoms with Gasteiger partial charge in [0.2, 0.25) is 0 Å². The Balaban J connectivity index is 2.09. The van der Waals surface area contributed by atoms with Crippen molar-refractivity contribution in [2.45, 2.75) is 37.4 Å². The molecule has 21 heavy (non-hydrogen) atoms.